The van der Waals surface area contributed by atoms with Crippen LogP contribution in [0, 0.1) is 27.7 Å². The lowest BCUT2D eigenvalue weighted by atomic mass is 10.1. The molecule has 0 saturated heterocycles. The van der Waals surface area contributed by atoms with Gasteiger partial charge in [0.25, 0.3) is 5.95 Å². The molecule has 0 bridgehead atoms. The second-order valence-corrected chi connectivity index (χ2v) is 5.82. The maximum absolute atomic E-state index is 12.0. The molecule has 0 unspecified atom stereocenters. The summed E-state index contributed by atoms with van der Waals surface area (Å²) in [6, 6.07) is 0.938. The van der Waals surface area contributed by atoms with E-state index in [0.29, 0.717) is 11.6 Å². The molecule has 128 valence electrons. The zero-order chi connectivity index (χ0) is 18.0. The van der Waals surface area contributed by atoms with Crippen LogP contribution in [0.25, 0.3) is 5.95 Å². The first-order chi connectivity index (χ1) is 11.2. The van der Waals surface area contributed by atoms with E-state index in [0.717, 1.165) is 22.6 Å². The van der Waals surface area contributed by atoms with Crippen LogP contribution >= 0.6 is 0 Å². The van der Waals surface area contributed by atoms with Gasteiger partial charge in [-0.3, -0.25) is 9.59 Å². The SMILES string of the molecule is Cc1cc(C)nc(-n2nc(C)c(CC(=O)N[C@H](C)C(=O)O)c2C)n1. The molecule has 24 heavy (non-hydrogen) atoms. The minimum absolute atomic E-state index is 0.0556. The van der Waals surface area contributed by atoms with Crippen LogP contribution in [0.2, 0.25) is 0 Å². The normalized spacial score (nSPS) is 12.0. The third-order valence-electron chi connectivity index (χ3n) is 3.69. The van der Waals surface area contributed by atoms with E-state index < -0.39 is 12.0 Å². The molecule has 2 N–H and O–H groups in total. The highest BCUT2D eigenvalue weighted by Crippen LogP contribution is 2.17. The Kier molecular flexibility index (Phi) is 4.96. The van der Waals surface area contributed by atoms with Crippen LogP contribution in [-0.4, -0.2) is 42.8 Å². The molecule has 0 aliphatic rings. The minimum Gasteiger partial charge on any atom is -0.480 e. The molecule has 0 radical (unpaired) electrons. The Morgan fingerprint density at radius 1 is 1.21 bits per heavy atom. The number of amides is 1. The number of nitrogens with one attached hydrogen (secondary N) is 1. The van der Waals surface area contributed by atoms with Gasteiger partial charge in [0.05, 0.1) is 12.1 Å². The topological polar surface area (TPSA) is 110 Å². The van der Waals surface area contributed by atoms with Crippen molar-refractivity contribution in [3.63, 3.8) is 0 Å². The first kappa shape index (κ1) is 17.6. The van der Waals surface area contributed by atoms with E-state index in [9.17, 15) is 9.59 Å². The lowest BCUT2D eigenvalue weighted by Crippen LogP contribution is -2.39. The fraction of sp³-hybridized carbons (Fsp3) is 0.438. The number of nitrogens with zero attached hydrogens (tertiary/aromatic N) is 4. The zero-order valence-electron chi connectivity index (χ0n) is 14.4. The molecule has 0 aliphatic carbocycles. The average Bonchev–Trinajstić information content (AvgIpc) is 2.74. The molecule has 0 spiro atoms. The van der Waals surface area contributed by atoms with Crippen molar-refractivity contribution in [2.24, 2.45) is 0 Å². The molecule has 1 atom stereocenters. The number of rotatable bonds is 5. The van der Waals surface area contributed by atoms with Gasteiger partial charge in [0, 0.05) is 22.6 Å². The van der Waals surface area contributed by atoms with E-state index in [-0.39, 0.29) is 12.3 Å². The van der Waals surface area contributed by atoms with Gasteiger partial charge in [-0.1, -0.05) is 0 Å². The quantitative estimate of drug-likeness (QED) is 0.846. The number of aliphatic carboxylic acids is 1. The molecule has 0 aromatic carbocycles. The Bertz CT molecular complexity index is 777. The Morgan fingerprint density at radius 2 is 1.79 bits per heavy atom. The predicted octanol–water partition coefficient (Wildman–Crippen LogP) is 1.03. The second kappa shape index (κ2) is 6.77. The maximum atomic E-state index is 12.0. The lowest BCUT2D eigenvalue weighted by molar-refractivity contribution is -0.141. The molecule has 2 heterocycles. The number of carbonyl (C=O) groups excluding carboxylic acids is 1. The van der Waals surface area contributed by atoms with Gasteiger partial charge in [-0.25, -0.2) is 14.6 Å². The highest BCUT2D eigenvalue weighted by atomic mass is 16.4. The van der Waals surface area contributed by atoms with Crippen LogP contribution in [0.15, 0.2) is 6.07 Å². The first-order valence-electron chi connectivity index (χ1n) is 7.59. The summed E-state index contributed by atoms with van der Waals surface area (Å²) in [5.41, 5.74) is 3.86. The zero-order valence-corrected chi connectivity index (χ0v) is 14.4. The summed E-state index contributed by atoms with van der Waals surface area (Å²) < 4.78 is 1.61. The van der Waals surface area contributed by atoms with Gasteiger partial charge in [0.2, 0.25) is 5.91 Å². The molecule has 2 aromatic rings. The van der Waals surface area contributed by atoms with Crippen LogP contribution < -0.4 is 5.32 Å². The highest BCUT2D eigenvalue weighted by Gasteiger charge is 2.20. The number of carboxylic acid groups (broad SMARTS) is 1. The van der Waals surface area contributed by atoms with Crippen molar-refractivity contribution in [1.82, 2.24) is 25.1 Å². The number of hydrogen-bond acceptors (Lipinski definition) is 5. The number of aryl methyl sites for hydroxylation is 3. The second-order valence-electron chi connectivity index (χ2n) is 5.82. The number of carboxylic acids is 1. The number of carbonyl (C=O) groups is 2. The van der Waals surface area contributed by atoms with Gasteiger partial charge in [-0.05, 0) is 40.7 Å². The van der Waals surface area contributed by atoms with Gasteiger partial charge < -0.3 is 10.4 Å². The maximum Gasteiger partial charge on any atom is 0.325 e. The fourth-order valence-corrected chi connectivity index (χ4v) is 2.44. The van der Waals surface area contributed by atoms with Crippen molar-refractivity contribution in [3.8, 4) is 5.95 Å². The molecule has 2 aromatic heterocycles. The Morgan fingerprint density at radius 3 is 2.33 bits per heavy atom. The lowest BCUT2D eigenvalue weighted by Gasteiger charge is -2.09. The van der Waals surface area contributed by atoms with Gasteiger partial charge in [-0.15, -0.1) is 0 Å². The molecule has 0 saturated carbocycles. The van der Waals surface area contributed by atoms with E-state index in [1.165, 1.54) is 6.92 Å². The van der Waals surface area contributed by atoms with Gasteiger partial charge in [-0.2, -0.15) is 5.10 Å². The summed E-state index contributed by atoms with van der Waals surface area (Å²) in [6.07, 6.45) is 0.0556. The summed E-state index contributed by atoms with van der Waals surface area (Å²) in [4.78, 5) is 31.6. The van der Waals surface area contributed by atoms with E-state index in [2.05, 4.69) is 20.4 Å². The first-order valence-corrected chi connectivity index (χ1v) is 7.59. The van der Waals surface area contributed by atoms with Gasteiger partial charge in [0.1, 0.15) is 6.04 Å². The van der Waals surface area contributed by atoms with Crippen molar-refractivity contribution in [2.45, 2.75) is 47.1 Å². The minimum atomic E-state index is -1.07. The molecule has 1 amide bonds. The third-order valence-corrected chi connectivity index (χ3v) is 3.69. The number of hydrogen-bond donors (Lipinski definition) is 2. The van der Waals surface area contributed by atoms with Crippen molar-refractivity contribution in [3.05, 3.63) is 34.4 Å². The van der Waals surface area contributed by atoms with Gasteiger partial charge in [0.15, 0.2) is 0 Å². The van der Waals surface area contributed by atoms with E-state index in [4.69, 9.17) is 5.11 Å². The van der Waals surface area contributed by atoms with Crippen LogP contribution in [0.5, 0.6) is 0 Å². The van der Waals surface area contributed by atoms with Crippen LogP contribution in [-0.2, 0) is 16.0 Å². The van der Waals surface area contributed by atoms with E-state index in [1.54, 1.807) is 11.6 Å². The molecule has 2 rings (SSSR count). The summed E-state index contributed by atoms with van der Waals surface area (Å²) in [5, 5.41) is 15.7. The fourth-order valence-electron chi connectivity index (χ4n) is 2.44. The van der Waals surface area contributed by atoms with E-state index >= 15 is 0 Å². The van der Waals surface area contributed by atoms with Crippen LogP contribution in [0.1, 0.15) is 35.3 Å². The number of aromatic nitrogens is 4. The highest BCUT2D eigenvalue weighted by molar-refractivity contribution is 5.84. The Balaban J connectivity index is 2.29. The molecule has 8 nitrogen and oxygen atoms in total. The van der Waals surface area contributed by atoms with Crippen molar-refractivity contribution < 1.29 is 14.7 Å². The van der Waals surface area contributed by atoms with Gasteiger partial charge >= 0.3 is 5.97 Å². The monoisotopic (exact) mass is 331 g/mol. The smallest absolute Gasteiger partial charge is 0.325 e. The summed E-state index contributed by atoms with van der Waals surface area (Å²) >= 11 is 0. The molecular formula is C16H21N5O3. The van der Waals surface area contributed by atoms with Crippen molar-refractivity contribution >= 4 is 11.9 Å². The predicted molar refractivity (Wildman–Crippen MR) is 87.0 cm³/mol. The molecule has 0 aliphatic heterocycles. The third kappa shape index (κ3) is 3.76. The van der Waals surface area contributed by atoms with E-state index in [1.807, 2.05) is 26.8 Å². The van der Waals surface area contributed by atoms with Crippen molar-refractivity contribution in [1.29, 1.82) is 0 Å². The van der Waals surface area contributed by atoms with Crippen LogP contribution in [0.4, 0.5) is 0 Å². The molecule has 0 fully saturated rings. The summed E-state index contributed by atoms with van der Waals surface area (Å²) in [5.74, 6) is -0.980. The molecule has 8 heteroatoms. The van der Waals surface area contributed by atoms with Crippen molar-refractivity contribution in [2.75, 3.05) is 0 Å². The standard InChI is InChI=1S/C16H21N5O3/c1-8-6-9(2)18-16(17-8)21-12(5)13(10(3)20-21)7-14(22)19-11(4)15(23)24/h6,11H,7H2,1-5H3,(H,19,22)(H,23,24)/t11-/m1/s1. The Hall–Kier alpha value is -2.77. The summed E-state index contributed by atoms with van der Waals surface area (Å²) in [7, 11) is 0. The Labute approximate surface area is 139 Å². The average molecular weight is 331 g/mol. The summed E-state index contributed by atoms with van der Waals surface area (Å²) in [6.45, 7) is 8.82. The molecular weight excluding hydrogens is 310 g/mol. The largest absolute Gasteiger partial charge is 0.480 e. The van der Waals surface area contributed by atoms with Crippen LogP contribution in [0.3, 0.4) is 0 Å².